The first-order valence-electron chi connectivity index (χ1n) is 12.4. The number of fused-ring (bicyclic) bond motifs is 2. The maximum atomic E-state index is 13.8. The topological polar surface area (TPSA) is 79.7 Å². The number of hydrogen-bond donors (Lipinski definition) is 0. The third-order valence-corrected chi connectivity index (χ3v) is 10.5. The van der Waals surface area contributed by atoms with Gasteiger partial charge in [-0.05, 0) is 61.2 Å². The molecule has 2 saturated heterocycles. The molecule has 2 aromatic carbocycles. The maximum absolute atomic E-state index is 13.8. The van der Waals surface area contributed by atoms with Crippen molar-refractivity contribution in [2.24, 2.45) is 5.92 Å². The Morgan fingerprint density at radius 1 is 0.947 bits per heavy atom. The number of aromatic nitrogens is 1. The molecular weight excluding hydrogens is 593 g/mol. The van der Waals surface area contributed by atoms with Crippen molar-refractivity contribution in [1.82, 2.24) is 9.47 Å². The second-order valence-electron chi connectivity index (χ2n) is 9.65. The van der Waals surface area contributed by atoms with Gasteiger partial charge < -0.3 is 4.90 Å². The molecule has 3 aromatic rings. The van der Waals surface area contributed by atoms with Gasteiger partial charge in [0, 0.05) is 28.4 Å². The number of halogens is 2. The van der Waals surface area contributed by atoms with Crippen molar-refractivity contribution in [2.45, 2.75) is 42.0 Å². The molecule has 6 rings (SSSR count). The molecule has 0 bridgehead atoms. The van der Waals surface area contributed by atoms with Crippen molar-refractivity contribution in [1.29, 1.82) is 0 Å². The van der Waals surface area contributed by atoms with Crippen molar-refractivity contribution < 1.29 is 18.8 Å². The number of imide groups is 1. The van der Waals surface area contributed by atoms with E-state index in [1.165, 1.54) is 40.6 Å². The summed E-state index contributed by atoms with van der Waals surface area (Å²) in [6, 6.07) is 12.8. The molecule has 3 atom stereocenters. The smallest absolute Gasteiger partial charge is 0.308 e. The lowest BCUT2D eigenvalue weighted by Gasteiger charge is -2.31. The van der Waals surface area contributed by atoms with Gasteiger partial charge in [0.1, 0.15) is 17.6 Å². The summed E-state index contributed by atoms with van der Waals surface area (Å²) in [6.07, 6.45) is 2.98. The van der Waals surface area contributed by atoms with Crippen LogP contribution in [0.2, 0.25) is 0 Å². The number of thioether (sulfide) groups is 1. The molecule has 3 aliphatic rings. The summed E-state index contributed by atoms with van der Waals surface area (Å²) >= 11 is 5.67. The molecule has 11 heteroatoms. The van der Waals surface area contributed by atoms with Crippen molar-refractivity contribution >= 4 is 62.4 Å². The lowest BCUT2D eigenvalue weighted by Crippen LogP contribution is -2.39. The van der Waals surface area contributed by atoms with E-state index in [2.05, 4.69) is 15.9 Å². The number of carbonyl (C=O) groups excluding carboxylic acids is 3. The van der Waals surface area contributed by atoms with Gasteiger partial charge in [0.05, 0.1) is 16.6 Å². The van der Waals surface area contributed by atoms with E-state index in [4.69, 9.17) is 0 Å². The van der Waals surface area contributed by atoms with Crippen molar-refractivity contribution in [3.05, 3.63) is 78.9 Å². The number of nitrogens with zero attached hydrogens (tertiary/aromatic N) is 3. The third kappa shape index (κ3) is 4.34. The second kappa shape index (κ2) is 10.1. The molecule has 0 spiro atoms. The first kappa shape index (κ1) is 25.5. The average molecular weight is 617 g/mol. The minimum Gasteiger partial charge on any atom is -0.341 e. The Morgan fingerprint density at radius 3 is 2.32 bits per heavy atom. The number of likely N-dealkylation sites (tertiary alicyclic amines) is 1. The number of thiazole rings is 1. The van der Waals surface area contributed by atoms with E-state index in [0.717, 1.165) is 45.5 Å². The fourth-order valence-corrected chi connectivity index (χ4v) is 8.55. The van der Waals surface area contributed by atoms with Gasteiger partial charge in [-0.3, -0.25) is 23.7 Å². The summed E-state index contributed by atoms with van der Waals surface area (Å²) < 4.78 is 15.9. The average Bonchev–Trinajstić information content (AvgIpc) is 3.36. The van der Waals surface area contributed by atoms with Crippen LogP contribution in [0.5, 0.6) is 0 Å². The van der Waals surface area contributed by atoms with Crippen LogP contribution in [0.3, 0.4) is 0 Å². The molecule has 3 aliphatic heterocycles. The zero-order valence-corrected chi connectivity index (χ0v) is 23.4. The Balaban J connectivity index is 1.43. The summed E-state index contributed by atoms with van der Waals surface area (Å²) in [7, 11) is 0. The highest BCUT2D eigenvalue weighted by molar-refractivity contribution is 9.10. The molecule has 7 nitrogen and oxygen atoms in total. The number of hydrogen-bond acceptors (Lipinski definition) is 6. The van der Waals surface area contributed by atoms with Gasteiger partial charge in [0.2, 0.25) is 17.7 Å². The predicted molar refractivity (Wildman–Crippen MR) is 147 cm³/mol. The molecule has 0 radical (unpaired) electrons. The van der Waals surface area contributed by atoms with Gasteiger partial charge in [0.25, 0.3) is 0 Å². The maximum Gasteiger partial charge on any atom is 0.308 e. The second-order valence-corrected chi connectivity index (χ2v) is 12.7. The van der Waals surface area contributed by atoms with Gasteiger partial charge in [-0.2, -0.15) is 0 Å². The highest BCUT2D eigenvalue weighted by atomic mass is 79.9. The van der Waals surface area contributed by atoms with E-state index in [9.17, 15) is 23.6 Å². The standard InChI is InChI=1S/C27H23BrFN3O4S2/c28-16-6-4-15(5-7-16)20-21-22(25(35)32(24(21)34)18-10-8-17(29)9-11-18)37-26-23(20)38-27(36)31(26)14-19(33)30-12-2-1-3-13-30/h4-11,20-22H,1-3,12-14H2/t20-,21?,22?/m1/s1. The highest BCUT2D eigenvalue weighted by Gasteiger charge is 2.56. The molecule has 0 N–H and O–H groups in total. The van der Waals surface area contributed by atoms with Crippen molar-refractivity contribution in [3.63, 3.8) is 0 Å². The molecule has 3 amide bonds. The van der Waals surface area contributed by atoms with E-state index in [1.807, 2.05) is 24.3 Å². The van der Waals surface area contributed by atoms with Gasteiger partial charge in [-0.15, -0.1) is 0 Å². The van der Waals surface area contributed by atoms with Gasteiger partial charge in [0.15, 0.2) is 0 Å². The van der Waals surface area contributed by atoms with Crippen LogP contribution in [0.25, 0.3) is 0 Å². The quantitative estimate of drug-likeness (QED) is 0.400. The van der Waals surface area contributed by atoms with Crippen molar-refractivity contribution in [2.75, 3.05) is 18.0 Å². The SMILES string of the molecule is O=C(Cn1c2c(sc1=O)[C@H](c1ccc(Br)cc1)C1C(=O)N(c3ccc(F)cc3)C(=O)C1S2)N1CCCCC1. The summed E-state index contributed by atoms with van der Waals surface area (Å²) in [5.74, 6) is -2.63. The molecule has 0 saturated carbocycles. The van der Waals surface area contributed by atoms with Crippen LogP contribution in [0, 0.1) is 11.7 Å². The van der Waals surface area contributed by atoms with Crippen LogP contribution in [0.4, 0.5) is 10.1 Å². The molecular formula is C27H23BrFN3O4S2. The Hall–Kier alpha value is -2.76. The van der Waals surface area contributed by atoms with Crippen LogP contribution in [-0.4, -0.2) is 45.5 Å². The van der Waals surface area contributed by atoms with E-state index in [0.29, 0.717) is 28.7 Å². The Bertz CT molecular complexity index is 1480. The van der Waals surface area contributed by atoms with Crippen LogP contribution < -0.4 is 9.77 Å². The normalized spacial score (nSPS) is 22.9. The zero-order chi connectivity index (χ0) is 26.6. The molecule has 196 valence electrons. The van der Waals surface area contributed by atoms with Gasteiger partial charge in [-0.1, -0.05) is 51.2 Å². The third-order valence-electron chi connectivity index (χ3n) is 7.37. The van der Waals surface area contributed by atoms with E-state index in [1.54, 1.807) is 4.90 Å². The number of benzene rings is 2. The first-order chi connectivity index (χ1) is 18.3. The molecule has 38 heavy (non-hydrogen) atoms. The Kier molecular flexibility index (Phi) is 6.77. The largest absolute Gasteiger partial charge is 0.341 e. The van der Waals surface area contributed by atoms with Gasteiger partial charge >= 0.3 is 4.87 Å². The first-order valence-corrected chi connectivity index (χ1v) is 14.9. The Morgan fingerprint density at radius 2 is 1.63 bits per heavy atom. The van der Waals surface area contributed by atoms with E-state index in [-0.39, 0.29) is 23.2 Å². The summed E-state index contributed by atoms with van der Waals surface area (Å²) in [5, 5.41) is -0.208. The highest BCUT2D eigenvalue weighted by Crippen LogP contribution is 2.54. The monoisotopic (exact) mass is 615 g/mol. The fraction of sp³-hybridized carbons (Fsp3) is 0.333. The lowest BCUT2D eigenvalue weighted by atomic mass is 9.83. The van der Waals surface area contributed by atoms with Crippen LogP contribution >= 0.6 is 39.0 Å². The lowest BCUT2D eigenvalue weighted by molar-refractivity contribution is -0.133. The predicted octanol–water partition coefficient (Wildman–Crippen LogP) is 4.62. The molecule has 0 aliphatic carbocycles. The molecule has 4 heterocycles. The Labute approximate surface area is 234 Å². The number of piperidine rings is 1. The number of anilines is 1. The van der Waals surface area contributed by atoms with Crippen LogP contribution in [-0.2, 0) is 20.9 Å². The number of rotatable bonds is 4. The van der Waals surface area contributed by atoms with Crippen LogP contribution in [0.15, 0.2) is 62.8 Å². The summed E-state index contributed by atoms with van der Waals surface area (Å²) in [5.41, 5.74) is 1.12. The minimum absolute atomic E-state index is 0.0913. The number of amides is 3. The van der Waals surface area contributed by atoms with Crippen molar-refractivity contribution in [3.8, 4) is 0 Å². The molecule has 2 fully saturated rings. The molecule has 2 unspecified atom stereocenters. The van der Waals surface area contributed by atoms with E-state index < -0.39 is 28.8 Å². The zero-order valence-electron chi connectivity index (χ0n) is 20.1. The summed E-state index contributed by atoms with van der Waals surface area (Å²) in [6.45, 7) is 1.27. The minimum atomic E-state index is -0.779. The number of carbonyl (C=O) groups is 3. The fourth-order valence-electron chi connectivity index (χ4n) is 5.51. The summed E-state index contributed by atoms with van der Waals surface area (Å²) in [4.78, 5) is 57.2. The molecule has 1 aromatic heterocycles. The van der Waals surface area contributed by atoms with E-state index >= 15 is 0 Å². The van der Waals surface area contributed by atoms with Gasteiger partial charge in [-0.25, -0.2) is 9.29 Å². The van der Waals surface area contributed by atoms with Crippen LogP contribution in [0.1, 0.15) is 35.6 Å².